The van der Waals surface area contributed by atoms with Crippen molar-refractivity contribution in [1.82, 2.24) is 0 Å². The summed E-state index contributed by atoms with van der Waals surface area (Å²) in [7, 11) is 0. The number of hydrogen-bond acceptors (Lipinski definition) is 4. The molecule has 0 saturated heterocycles. The molecule has 1 rings (SSSR count). The van der Waals surface area contributed by atoms with E-state index in [1.165, 1.54) is 0 Å². The van der Waals surface area contributed by atoms with E-state index in [4.69, 9.17) is 20.9 Å². The molecule has 0 fully saturated rings. The molecule has 132 valence electrons. The molecule has 23 heavy (non-hydrogen) atoms. The molecule has 0 aromatic heterocycles. The lowest BCUT2D eigenvalue weighted by Crippen LogP contribution is -2.10. The zero-order valence-corrected chi connectivity index (χ0v) is 15.1. The molecule has 0 aliphatic rings. The second kappa shape index (κ2) is 11.3. The Labute approximate surface area is 141 Å². The van der Waals surface area contributed by atoms with E-state index in [9.17, 15) is 0 Å². The summed E-state index contributed by atoms with van der Waals surface area (Å²) in [5, 5.41) is 0. The van der Waals surface area contributed by atoms with Crippen molar-refractivity contribution >= 4 is 11.4 Å². The van der Waals surface area contributed by atoms with Crippen molar-refractivity contribution in [2.75, 3.05) is 37.9 Å². The Morgan fingerprint density at radius 1 is 0.870 bits per heavy atom. The standard InChI is InChI=1S/C19H34N2O2/c1-4-6-10-22-12-8-16-14-18(20)15(3)17(19(16)21)9-13-23-11-7-5-2/h14H,4-13,20-21H2,1-3H3. The van der Waals surface area contributed by atoms with Gasteiger partial charge in [-0.25, -0.2) is 0 Å². The SMILES string of the molecule is CCCCOCCc1cc(N)c(C)c(CCOCCCC)c1N. The fourth-order valence-corrected chi connectivity index (χ4v) is 2.53. The summed E-state index contributed by atoms with van der Waals surface area (Å²) in [5.74, 6) is 0. The molecule has 0 saturated carbocycles. The highest BCUT2D eigenvalue weighted by molar-refractivity contribution is 5.66. The van der Waals surface area contributed by atoms with Crippen LogP contribution in [-0.4, -0.2) is 26.4 Å². The smallest absolute Gasteiger partial charge is 0.0507 e. The van der Waals surface area contributed by atoms with Crippen LogP contribution in [-0.2, 0) is 22.3 Å². The molecule has 0 unspecified atom stereocenters. The van der Waals surface area contributed by atoms with Crippen LogP contribution in [0.3, 0.4) is 0 Å². The van der Waals surface area contributed by atoms with E-state index >= 15 is 0 Å². The molecule has 1 aromatic carbocycles. The van der Waals surface area contributed by atoms with Gasteiger partial charge >= 0.3 is 0 Å². The Hall–Kier alpha value is -1.26. The molecule has 0 radical (unpaired) electrons. The molecule has 0 amide bonds. The van der Waals surface area contributed by atoms with Gasteiger partial charge in [0, 0.05) is 24.6 Å². The van der Waals surface area contributed by atoms with Crippen LogP contribution in [0.4, 0.5) is 11.4 Å². The van der Waals surface area contributed by atoms with E-state index in [1.54, 1.807) is 0 Å². The largest absolute Gasteiger partial charge is 0.398 e. The monoisotopic (exact) mass is 322 g/mol. The van der Waals surface area contributed by atoms with Gasteiger partial charge in [0.15, 0.2) is 0 Å². The Kier molecular flexibility index (Phi) is 9.72. The summed E-state index contributed by atoms with van der Waals surface area (Å²) in [5.41, 5.74) is 17.5. The van der Waals surface area contributed by atoms with Gasteiger partial charge in [-0.1, -0.05) is 26.7 Å². The number of hydrogen-bond donors (Lipinski definition) is 2. The summed E-state index contributed by atoms with van der Waals surface area (Å²) < 4.78 is 11.3. The number of nitrogen functional groups attached to an aromatic ring is 2. The predicted octanol–water partition coefficient (Wildman–Crippen LogP) is 3.88. The second-order valence-corrected chi connectivity index (χ2v) is 6.07. The second-order valence-electron chi connectivity index (χ2n) is 6.07. The normalized spacial score (nSPS) is 11.1. The average Bonchev–Trinajstić information content (AvgIpc) is 2.54. The van der Waals surface area contributed by atoms with Gasteiger partial charge < -0.3 is 20.9 Å². The highest BCUT2D eigenvalue weighted by Crippen LogP contribution is 2.28. The molecule has 0 spiro atoms. The van der Waals surface area contributed by atoms with E-state index in [0.717, 1.165) is 79.8 Å². The minimum Gasteiger partial charge on any atom is -0.398 e. The van der Waals surface area contributed by atoms with Crippen LogP contribution in [0.2, 0.25) is 0 Å². The van der Waals surface area contributed by atoms with Crippen LogP contribution in [0.1, 0.15) is 56.2 Å². The van der Waals surface area contributed by atoms with Crippen molar-refractivity contribution in [3.05, 3.63) is 22.8 Å². The van der Waals surface area contributed by atoms with E-state index in [-0.39, 0.29) is 0 Å². The van der Waals surface area contributed by atoms with Crippen molar-refractivity contribution in [1.29, 1.82) is 0 Å². The molecule has 4 nitrogen and oxygen atoms in total. The number of anilines is 2. The van der Waals surface area contributed by atoms with Gasteiger partial charge in [0.25, 0.3) is 0 Å². The number of unbranched alkanes of at least 4 members (excludes halogenated alkanes) is 2. The summed E-state index contributed by atoms with van der Waals surface area (Å²) in [4.78, 5) is 0. The third kappa shape index (κ3) is 6.80. The minimum atomic E-state index is 0.694. The van der Waals surface area contributed by atoms with E-state index in [1.807, 2.05) is 13.0 Å². The van der Waals surface area contributed by atoms with Gasteiger partial charge in [0.2, 0.25) is 0 Å². The van der Waals surface area contributed by atoms with Crippen molar-refractivity contribution in [2.45, 2.75) is 59.3 Å². The third-order valence-electron chi connectivity index (χ3n) is 4.18. The fraction of sp³-hybridized carbons (Fsp3) is 0.684. The summed E-state index contributed by atoms with van der Waals surface area (Å²) >= 11 is 0. The van der Waals surface area contributed by atoms with Crippen LogP contribution >= 0.6 is 0 Å². The maximum absolute atomic E-state index is 6.37. The first kappa shape index (κ1) is 19.8. The van der Waals surface area contributed by atoms with Crippen molar-refractivity contribution < 1.29 is 9.47 Å². The lowest BCUT2D eigenvalue weighted by atomic mass is 9.96. The Bertz CT molecular complexity index is 461. The van der Waals surface area contributed by atoms with Gasteiger partial charge in [-0.05, 0) is 55.4 Å². The lowest BCUT2D eigenvalue weighted by Gasteiger charge is -2.17. The summed E-state index contributed by atoms with van der Waals surface area (Å²) in [6.45, 7) is 9.38. The maximum Gasteiger partial charge on any atom is 0.0507 e. The van der Waals surface area contributed by atoms with Gasteiger partial charge in [0.1, 0.15) is 0 Å². The number of benzene rings is 1. The number of nitrogens with two attached hydrogens (primary N) is 2. The molecular formula is C19H34N2O2. The molecular weight excluding hydrogens is 288 g/mol. The van der Waals surface area contributed by atoms with E-state index in [0.29, 0.717) is 13.2 Å². The van der Waals surface area contributed by atoms with Crippen LogP contribution < -0.4 is 11.5 Å². The maximum atomic E-state index is 6.37. The van der Waals surface area contributed by atoms with Crippen LogP contribution in [0.25, 0.3) is 0 Å². The molecule has 0 bridgehead atoms. The topological polar surface area (TPSA) is 70.5 Å². The first-order valence-electron chi connectivity index (χ1n) is 8.93. The summed E-state index contributed by atoms with van der Waals surface area (Å²) in [6, 6.07) is 2.00. The average molecular weight is 322 g/mol. The highest BCUT2D eigenvalue weighted by atomic mass is 16.5. The zero-order chi connectivity index (χ0) is 17.1. The molecule has 4 heteroatoms. The lowest BCUT2D eigenvalue weighted by molar-refractivity contribution is 0.133. The number of rotatable bonds is 12. The van der Waals surface area contributed by atoms with Crippen molar-refractivity contribution in [3.8, 4) is 0 Å². The Balaban J connectivity index is 2.62. The van der Waals surface area contributed by atoms with Crippen LogP contribution in [0.15, 0.2) is 6.07 Å². The van der Waals surface area contributed by atoms with Gasteiger partial charge in [-0.3, -0.25) is 0 Å². The highest BCUT2D eigenvalue weighted by Gasteiger charge is 2.12. The molecule has 1 aromatic rings. The predicted molar refractivity (Wildman–Crippen MR) is 98.9 cm³/mol. The zero-order valence-electron chi connectivity index (χ0n) is 15.1. The van der Waals surface area contributed by atoms with Gasteiger partial charge in [-0.15, -0.1) is 0 Å². The first-order valence-corrected chi connectivity index (χ1v) is 8.93. The minimum absolute atomic E-state index is 0.694. The van der Waals surface area contributed by atoms with Gasteiger partial charge in [-0.2, -0.15) is 0 Å². The molecule has 4 N–H and O–H groups in total. The van der Waals surface area contributed by atoms with Gasteiger partial charge in [0.05, 0.1) is 13.2 Å². The molecule has 0 heterocycles. The van der Waals surface area contributed by atoms with Crippen LogP contribution in [0.5, 0.6) is 0 Å². The van der Waals surface area contributed by atoms with Crippen molar-refractivity contribution in [3.63, 3.8) is 0 Å². The Morgan fingerprint density at radius 3 is 2.00 bits per heavy atom. The molecule has 0 aliphatic carbocycles. The molecule has 0 aliphatic heterocycles. The first-order chi connectivity index (χ1) is 11.1. The van der Waals surface area contributed by atoms with Crippen LogP contribution in [0, 0.1) is 6.92 Å². The quantitative estimate of drug-likeness (QED) is 0.452. The number of ether oxygens (including phenoxy) is 2. The fourth-order valence-electron chi connectivity index (χ4n) is 2.53. The van der Waals surface area contributed by atoms with E-state index in [2.05, 4.69) is 13.8 Å². The molecule has 0 atom stereocenters. The third-order valence-corrected chi connectivity index (χ3v) is 4.18. The summed E-state index contributed by atoms with van der Waals surface area (Å²) in [6.07, 6.45) is 6.14. The van der Waals surface area contributed by atoms with Crippen molar-refractivity contribution in [2.24, 2.45) is 0 Å². The Morgan fingerprint density at radius 2 is 1.43 bits per heavy atom. The van der Waals surface area contributed by atoms with E-state index < -0.39 is 0 Å².